The maximum atomic E-state index is 11.3. The standard InChI is InChI=1S/C14H15N5O/c1-9-12(6-5-11(13(9)15)14(16)20)19-8-10-4-2-3-7-18(10)17-19/h2-8,17H,15H2,1H3,(H2,16,20). The van der Waals surface area contributed by atoms with Crippen LogP contribution in [-0.4, -0.2) is 10.9 Å². The SMILES string of the molecule is Cc1c(N2C=C3C=CC=CN3N2)ccc(C(N)=O)c1N. The Bertz CT molecular complexity index is 674. The summed E-state index contributed by atoms with van der Waals surface area (Å²) in [7, 11) is 0. The molecule has 1 amide bonds. The molecule has 2 aliphatic rings. The van der Waals surface area contributed by atoms with E-state index in [1.807, 2.05) is 53.6 Å². The highest BCUT2D eigenvalue weighted by Gasteiger charge is 2.22. The molecule has 0 atom stereocenters. The fourth-order valence-electron chi connectivity index (χ4n) is 2.25. The van der Waals surface area contributed by atoms with Crippen LogP contribution in [0, 0.1) is 6.92 Å². The Balaban J connectivity index is 1.99. The van der Waals surface area contributed by atoms with Crippen molar-refractivity contribution in [2.45, 2.75) is 6.92 Å². The van der Waals surface area contributed by atoms with E-state index in [0.717, 1.165) is 16.9 Å². The summed E-state index contributed by atoms with van der Waals surface area (Å²) in [5, 5.41) is 3.74. The van der Waals surface area contributed by atoms with Crippen LogP contribution in [0.3, 0.4) is 0 Å². The summed E-state index contributed by atoms with van der Waals surface area (Å²) in [6.07, 6.45) is 9.76. The second kappa shape index (κ2) is 4.43. The molecule has 0 aliphatic carbocycles. The first-order valence-corrected chi connectivity index (χ1v) is 6.18. The molecule has 102 valence electrons. The first kappa shape index (κ1) is 12.3. The monoisotopic (exact) mass is 269 g/mol. The molecule has 0 saturated carbocycles. The first-order chi connectivity index (χ1) is 9.58. The summed E-state index contributed by atoms with van der Waals surface area (Å²) in [5.41, 5.74) is 17.9. The zero-order valence-corrected chi connectivity index (χ0v) is 11.0. The molecule has 0 aromatic heterocycles. The zero-order valence-electron chi connectivity index (χ0n) is 11.0. The van der Waals surface area contributed by atoms with Gasteiger partial charge in [0.25, 0.3) is 5.91 Å². The highest BCUT2D eigenvalue weighted by atomic mass is 16.1. The Morgan fingerprint density at radius 3 is 2.75 bits per heavy atom. The number of carbonyl (C=O) groups is 1. The number of nitrogens with zero attached hydrogens (tertiary/aromatic N) is 2. The largest absolute Gasteiger partial charge is 0.398 e. The molecular weight excluding hydrogens is 254 g/mol. The number of nitrogens with two attached hydrogens (primary N) is 2. The van der Waals surface area contributed by atoms with Gasteiger partial charge in [-0.05, 0) is 36.8 Å². The van der Waals surface area contributed by atoms with E-state index in [1.165, 1.54) is 0 Å². The maximum Gasteiger partial charge on any atom is 0.250 e. The number of nitrogens with one attached hydrogen (secondary N) is 1. The topological polar surface area (TPSA) is 87.6 Å². The highest BCUT2D eigenvalue weighted by Crippen LogP contribution is 2.30. The fourth-order valence-corrected chi connectivity index (χ4v) is 2.25. The molecule has 2 aliphatic heterocycles. The Kier molecular flexibility index (Phi) is 2.73. The lowest BCUT2D eigenvalue weighted by atomic mass is 10.1. The molecule has 5 N–H and O–H groups in total. The molecule has 1 aromatic rings. The molecule has 0 saturated heterocycles. The van der Waals surface area contributed by atoms with Crippen LogP contribution < -0.4 is 22.0 Å². The van der Waals surface area contributed by atoms with Crippen LogP contribution in [-0.2, 0) is 0 Å². The normalized spacial score (nSPS) is 16.4. The van der Waals surface area contributed by atoms with E-state index in [-0.39, 0.29) is 0 Å². The van der Waals surface area contributed by atoms with E-state index in [4.69, 9.17) is 11.5 Å². The van der Waals surface area contributed by atoms with E-state index in [0.29, 0.717) is 11.3 Å². The molecule has 3 rings (SSSR count). The Morgan fingerprint density at radius 1 is 1.25 bits per heavy atom. The number of hydrazine groups is 2. The third kappa shape index (κ3) is 1.83. The minimum absolute atomic E-state index is 0.343. The number of primary amides is 1. The highest BCUT2D eigenvalue weighted by molar-refractivity contribution is 5.99. The summed E-state index contributed by atoms with van der Waals surface area (Å²) < 4.78 is 0. The van der Waals surface area contributed by atoms with Gasteiger partial charge in [-0.2, -0.15) is 0 Å². The number of allylic oxidation sites excluding steroid dienone is 3. The number of hydrogen-bond acceptors (Lipinski definition) is 5. The van der Waals surface area contributed by atoms with Crippen LogP contribution in [0.15, 0.2) is 48.5 Å². The minimum atomic E-state index is -0.520. The van der Waals surface area contributed by atoms with Gasteiger partial charge in [-0.3, -0.25) is 14.8 Å². The Hall–Kier alpha value is -2.73. The van der Waals surface area contributed by atoms with Crippen molar-refractivity contribution in [3.63, 3.8) is 0 Å². The van der Waals surface area contributed by atoms with Gasteiger partial charge in [0.2, 0.25) is 0 Å². The third-order valence-electron chi connectivity index (χ3n) is 3.38. The fraction of sp³-hybridized carbons (Fsp3) is 0.0714. The zero-order chi connectivity index (χ0) is 14.3. The average Bonchev–Trinajstić information content (AvgIpc) is 2.84. The molecule has 1 aromatic carbocycles. The summed E-state index contributed by atoms with van der Waals surface area (Å²) >= 11 is 0. The second-order valence-electron chi connectivity index (χ2n) is 4.63. The van der Waals surface area contributed by atoms with E-state index in [1.54, 1.807) is 6.07 Å². The summed E-state index contributed by atoms with van der Waals surface area (Å²) in [6.45, 7) is 1.86. The van der Waals surface area contributed by atoms with Crippen LogP contribution in [0.1, 0.15) is 15.9 Å². The molecule has 0 bridgehead atoms. The number of hydrogen-bond donors (Lipinski definition) is 3. The van der Waals surface area contributed by atoms with Crippen molar-refractivity contribution >= 4 is 17.3 Å². The number of anilines is 2. The molecular formula is C14H15N5O. The van der Waals surface area contributed by atoms with Gasteiger partial charge in [0.15, 0.2) is 0 Å². The molecule has 0 unspecified atom stereocenters. The van der Waals surface area contributed by atoms with Crippen molar-refractivity contribution in [2.75, 3.05) is 10.7 Å². The van der Waals surface area contributed by atoms with Crippen molar-refractivity contribution in [3.05, 3.63) is 59.6 Å². The van der Waals surface area contributed by atoms with Gasteiger partial charge in [0.05, 0.1) is 16.9 Å². The van der Waals surface area contributed by atoms with Crippen molar-refractivity contribution in [3.8, 4) is 0 Å². The average molecular weight is 269 g/mol. The van der Waals surface area contributed by atoms with Gasteiger partial charge in [0, 0.05) is 18.1 Å². The maximum absolute atomic E-state index is 11.3. The van der Waals surface area contributed by atoms with Crippen LogP contribution in [0.2, 0.25) is 0 Å². The van der Waals surface area contributed by atoms with Crippen LogP contribution in [0.25, 0.3) is 0 Å². The lowest BCUT2D eigenvalue weighted by Crippen LogP contribution is -2.38. The predicted molar refractivity (Wildman–Crippen MR) is 77.9 cm³/mol. The van der Waals surface area contributed by atoms with Crippen molar-refractivity contribution in [2.24, 2.45) is 5.73 Å². The van der Waals surface area contributed by atoms with E-state index in [9.17, 15) is 4.79 Å². The Morgan fingerprint density at radius 2 is 2.05 bits per heavy atom. The van der Waals surface area contributed by atoms with Gasteiger partial charge in [-0.15, -0.1) is 5.53 Å². The van der Waals surface area contributed by atoms with Gasteiger partial charge in [-0.1, -0.05) is 6.08 Å². The van der Waals surface area contributed by atoms with Crippen molar-refractivity contribution < 1.29 is 4.79 Å². The van der Waals surface area contributed by atoms with Crippen LogP contribution in [0.5, 0.6) is 0 Å². The number of nitrogen functional groups attached to an aromatic ring is 1. The van der Waals surface area contributed by atoms with Crippen molar-refractivity contribution in [1.82, 2.24) is 10.5 Å². The summed E-state index contributed by atoms with van der Waals surface area (Å²) in [6, 6.07) is 3.46. The molecule has 20 heavy (non-hydrogen) atoms. The van der Waals surface area contributed by atoms with E-state index >= 15 is 0 Å². The van der Waals surface area contributed by atoms with Gasteiger partial charge in [-0.25, -0.2) is 0 Å². The molecule has 6 nitrogen and oxygen atoms in total. The lowest BCUT2D eigenvalue weighted by Gasteiger charge is -2.24. The van der Waals surface area contributed by atoms with Gasteiger partial charge >= 0.3 is 0 Å². The van der Waals surface area contributed by atoms with Gasteiger partial charge < -0.3 is 11.5 Å². The van der Waals surface area contributed by atoms with Crippen LogP contribution in [0.4, 0.5) is 11.4 Å². The molecule has 6 heteroatoms. The third-order valence-corrected chi connectivity index (χ3v) is 3.38. The minimum Gasteiger partial charge on any atom is -0.398 e. The van der Waals surface area contributed by atoms with Crippen molar-refractivity contribution in [1.29, 1.82) is 0 Å². The molecule has 0 fully saturated rings. The second-order valence-corrected chi connectivity index (χ2v) is 4.63. The molecule has 2 heterocycles. The van der Waals surface area contributed by atoms with E-state index < -0.39 is 5.91 Å². The summed E-state index contributed by atoms with van der Waals surface area (Å²) in [5.74, 6) is -0.520. The smallest absolute Gasteiger partial charge is 0.250 e. The number of benzene rings is 1. The number of carbonyl (C=O) groups excluding carboxylic acids is 1. The lowest BCUT2D eigenvalue weighted by molar-refractivity contribution is 0.100. The van der Waals surface area contributed by atoms with Gasteiger partial charge in [0.1, 0.15) is 0 Å². The first-order valence-electron chi connectivity index (χ1n) is 6.18. The quantitative estimate of drug-likeness (QED) is 0.701. The predicted octanol–water partition coefficient (Wildman–Crippen LogP) is 1.14. The number of fused-ring (bicyclic) bond motifs is 1. The number of amides is 1. The summed E-state index contributed by atoms with van der Waals surface area (Å²) in [4.78, 5) is 11.3. The molecule has 0 radical (unpaired) electrons. The number of rotatable bonds is 2. The van der Waals surface area contributed by atoms with Crippen LogP contribution >= 0.6 is 0 Å². The van der Waals surface area contributed by atoms with E-state index in [2.05, 4.69) is 5.53 Å². The Labute approximate surface area is 116 Å². The molecule has 0 spiro atoms.